The van der Waals surface area contributed by atoms with Gasteiger partial charge in [0.05, 0.1) is 13.7 Å². The van der Waals surface area contributed by atoms with Crippen LogP contribution >= 0.6 is 0 Å². The van der Waals surface area contributed by atoms with Crippen LogP contribution in [0.25, 0.3) is 0 Å². The topological polar surface area (TPSA) is 128 Å². The molecule has 1 aliphatic rings. The van der Waals surface area contributed by atoms with E-state index >= 15 is 0 Å². The summed E-state index contributed by atoms with van der Waals surface area (Å²) in [5.74, 6) is -2.34. The van der Waals surface area contributed by atoms with Crippen LogP contribution in [0, 0.1) is 0 Å². The molecule has 1 saturated heterocycles. The highest BCUT2D eigenvalue weighted by Gasteiger charge is 2.39. The normalized spacial score (nSPS) is 23.7. The molecule has 2 unspecified atom stereocenters. The number of methoxy groups -OCH3 is 1. The number of nitrogens with one attached hydrogen (secondary N) is 1. The molecule has 1 amide bonds. The Kier molecular flexibility index (Phi) is 5.25. The lowest BCUT2D eigenvalue weighted by Crippen LogP contribution is -2.58. The number of hydrogen-bond acceptors (Lipinski definition) is 6. The molecule has 0 aromatic heterocycles. The molecule has 1 fully saturated rings. The molecule has 0 spiro atoms. The second-order valence-electron chi connectivity index (χ2n) is 4.44. The average molecular weight is 274 g/mol. The molecule has 0 aliphatic carbocycles. The van der Waals surface area contributed by atoms with Gasteiger partial charge in [0, 0.05) is 13.0 Å². The van der Waals surface area contributed by atoms with Crippen LogP contribution in [0.2, 0.25) is 0 Å². The molecular weight excluding hydrogens is 256 g/mol. The molecule has 8 heteroatoms. The number of carboxylic acid groups (broad SMARTS) is 1. The van der Waals surface area contributed by atoms with Gasteiger partial charge in [0.2, 0.25) is 5.91 Å². The van der Waals surface area contributed by atoms with Crippen LogP contribution in [0.3, 0.4) is 0 Å². The maximum Gasteiger partial charge on any atom is 0.326 e. The van der Waals surface area contributed by atoms with Crippen LogP contribution < -0.4 is 11.1 Å². The zero-order valence-electron chi connectivity index (χ0n) is 10.7. The molecular formula is C11H18N2O6. The fourth-order valence-electron chi connectivity index (χ4n) is 1.68. The Morgan fingerprint density at radius 1 is 1.53 bits per heavy atom. The van der Waals surface area contributed by atoms with E-state index in [9.17, 15) is 14.4 Å². The first-order valence-corrected chi connectivity index (χ1v) is 5.86. The second-order valence-corrected chi connectivity index (χ2v) is 4.44. The Labute approximate surface area is 110 Å². The lowest BCUT2D eigenvalue weighted by molar-refractivity contribution is -0.144. The first-order chi connectivity index (χ1) is 8.89. The summed E-state index contributed by atoms with van der Waals surface area (Å²) in [5, 5.41) is 11.3. The highest BCUT2D eigenvalue weighted by Crippen LogP contribution is 2.16. The number of hydrogen-bond donors (Lipinski definition) is 3. The Hall–Kier alpha value is -1.67. The van der Waals surface area contributed by atoms with Crippen molar-refractivity contribution >= 4 is 17.8 Å². The van der Waals surface area contributed by atoms with E-state index < -0.39 is 29.4 Å². The molecule has 0 radical (unpaired) electrons. The van der Waals surface area contributed by atoms with Gasteiger partial charge in [-0.15, -0.1) is 0 Å². The van der Waals surface area contributed by atoms with Gasteiger partial charge in [0.1, 0.15) is 11.6 Å². The van der Waals surface area contributed by atoms with Crippen molar-refractivity contribution in [3.8, 4) is 0 Å². The molecule has 0 aromatic rings. The molecule has 4 N–H and O–H groups in total. The molecule has 2 atom stereocenters. The van der Waals surface area contributed by atoms with Crippen LogP contribution in [0.15, 0.2) is 0 Å². The molecule has 108 valence electrons. The van der Waals surface area contributed by atoms with Crippen molar-refractivity contribution in [3.63, 3.8) is 0 Å². The predicted octanol–water partition coefficient (Wildman–Crippen LogP) is -1.37. The maximum atomic E-state index is 11.9. The maximum absolute atomic E-state index is 11.9. The van der Waals surface area contributed by atoms with Gasteiger partial charge in [0.25, 0.3) is 0 Å². The van der Waals surface area contributed by atoms with Crippen LogP contribution in [-0.2, 0) is 23.9 Å². The number of amides is 1. The van der Waals surface area contributed by atoms with E-state index in [1.54, 1.807) is 0 Å². The summed E-state index contributed by atoms with van der Waals surface area (Å²) in [7, 11) is 1.21. The largest absolute Gasteiger partial charge is 0.480 e. The van der Waals surface area contributed by atoms with Crippen molar-refractivity contribution in [2.75, 3.05) is 20.3 Å². The average Bonchev–Trinajstić information content (AvgIpc) is 2.81. The van der Waals surface area contributed by atoms with Gasteiger partial charge in [-0.3, -0.25) is 9.59 Å². The lowest BCUT2D eigenvalue weighted by atomic mass is 9.98. The van der Waals surface area contributed by atoms with Crippen LogP contribution in [0.4, 0.5) is 0 Å². The van der Waals surface area contributed by atoms with Gasteiger partial charge >= 0.3 is 11.9 Å². The van der Waals surface area contributed by atoms with Gasteiger partial charge in [0.15, 0.2) is 0 Å². The molecule has 1 rings (SSSR count). The highest BCUT2D eigenvalue weighted by atomic mass is 16.5. The van der Waals surface area contributed by atoms with Gasteiger partial charge in [-0.25, -0.2) is 4.79 Å². The Morgan fingerprint density at radius 2 is 2.21 bits per heavy atom. The number of carbonyl (C=O) groups excluding carboxylic acids is 2. The first-order valence-electron chi connectivity index (χ1n) is 5.86. The third-order valence-electron chi connectivity index (χ3n) is 2.97. The number of aliphatic carboxylic acids is 1. The second kappa shape index (κ2) is 6.48. The van der Waals surface area contributed by atoms with Crippen LogP contribution in [0.1, 0.15) is 19.3 Å². The number of carboxylic acids is 1. The molecule has 0 aromatic carbocycles. The zero-order chi connectivity index (χ0) is 14.5. The predicted molar refractivity (Wildman–Crippen MR) is 63.2 cm³/mol. The van der Waals surface area contributed by atoms with Crippen molar-refractivity contribution in [1.29, 1.82) is 0 Å². The van der Waals surface area contributed by atoms with Gasteiger partial charge in [-0.05, 0) is 12.8 Å². The van der Waals surface area contributed by atoms with Gasteiger partial charge < -0.3 is 25.6 Å². The zero-order valence-corrected chi connectivity index (χ0v) is 10.7. The molecule has 1 aliphatic heterocycles. The number of esters is 1. The van der Waals surface area contributed by atoms with E-state index in [2.05, 4.69) is 10.1 Å². The van der Waals surface area contributed by atoms with E-state index in [1.807, 2.05) is 0 Å². The lowest BCUT2D eigenvalue weighted by Gasteiger charge is -2.23. The van der Waals surface area contributed by atoms with E-state index in [0.29, 0.717) is 13.0 Å². The fourth-order valence-corrected chi connectivity index (χ4v) is 1.68. The summed E-state index contributed by atoms with van der Waals surface area (Å²) < 4.78 is 9.45. The van der Waals surface area contributed by atoms with Crippen molar-refractivity contribution in [1.82, 2.24) is 5.32 Å². The quantitative estimate of drug-likeness (QED) is 0.509. The molecule has 19 heavy (non-hydrogen) atoms. The van der Waals surface area contributed by atoms with Gasteiger partial charge in [-0.1, -0.05) is 0 Å². The number of nitrogens with two attached hydrogens (primary N) is 1. The van der Waals surface area contributed by atoms with Crippen molar-refractivity contribution in [2.24, 2.45) is 5.73 Å². The third kappa shape index (κ3) is 4.18. The standard InChI is InChI=1S/C11H18N2O6/c1-18-8(14)3-2-7(9(15)16)13-10(17)11(12)4-5-19-6-11/h7H,2-6,12H2,1H3,(H,13,17)(H,15,16). The summed E-state index contributed by atoms with van der Waals surface area (Å²) in [6, 6.07) is -1.17. The number of rotatable bonds is 6. The number of carbonyl (C=O) groups is 3. The number of ether oxygens (including phenoxy) is 2. The summed E-state index contributed by atoms with van der Waals surface area (Å²) in [6.45, 7) is 0.423. The van der Waals surface area contributed by atoms with E-state index in [4.69, 9.17) is 15.6 Å². The minimum absolute atomic E-state index is 0.0509. The SMILES string of the molecule is COC(=O)CCC(NC(=O)C1(N)CCOC1)C(=O)O. The van der Waals surface area contributed by atoms with Crippen molar-refractivity contribution in [3.05, 3.63) is 0 Å². The summed E-state index contributed by atoms with van der Waals surface area (Å²) in [4.78, 5) is 33.9. The Morgan fingerprint density at radius 3 is 2.68 bits per heavy atom. The smallest absolute Gasteiger partial charge is 0.326 e. The Bertz CT molecular complexity index is 364. The van der Waals surface area contributed by atoms with Crippen molar-refractivity contribution < 1.29 is 29.0 Å². The monoisotopic (exact) mass is 274 g/mol. The summed E-state index contributed by atoms with van der Waals surface area (Å²) in [6.07, 6.45) is 0.189. The van der Waals surface area contributed by atoms with E-state index in [-0.39, 0.29) is 19.4 Å². The fraction of sp³-hybridized carbons (Fsp3) is 0.727. The van der Waals surface area contributed by atoms with E-state index in [0.717, 1.165) is 0 Å². The first kappa shape index (κ1) is 15.4. The minimum Gasteiger partial charge on any atom is -0.480 e. The molecule has 0 bridgehead atoms. The summed E-state index contributed by atoms with van der Waals surface area (Å²) in [5.41, 5.74) is 4.62. The highest BCUT2D eigenvalue weighted by molar-refractivity contribution is 5.90. The van der Waals surface area contributed by atoms with Crippen LogP contribution in [0.5, 0.6) is 0 Å². The van der Waals surface area contributed by atoms with Crippen LogP contribution in [-0.4, -0.2) is 54.9 Å². The molecule has 0 saturated carbocycles. The van der Waals surface area contributed by atoms with Crippen molar-refractivity contribution in [2.45, 2.75) is 30.8 Å². The molecule has 1 heterocycles. The van der Waals surface area contributed by atoms with E-state index in [1.165, 1.54) is 7.11 Å². The summed E-state index contributed by atoms with van der Waals surface area (Å²) >= 11 is 0. The Balaban J connectivity index is 2.55. The van der Waals surface area contributed by atoms with Gasteiger partial charge in [-0.2, -0.15) is 0 Å². The minimum atomic E-state index is -1.22. The third-order valence-corrected chi connectivity index (χ3v) is 2.97. The molecule has 8 nitrogen and oxygen atoms in total.